The fraction of sp³-hybridized carbons (Fsp3) is 0.600. The van der Waals surface area contributed by atoms with Crippen LogP contribution in [0.25, 0.3) is 0 Å². The molecule has 1 aromatic heterocycles. The Hall–Kier alpha value is -1.03. The molecule has 1 heterocycles. The third kappa shape index (κ3) is 1.86. The second-order valence-electron chi connectivity index (χ2n) is 4.11. The molecular formula is C10H13ClN2O2. The van der Waals surface area contributed by atoms with Gasteiger partial charge in [-0.05, 0) is 18.8 Å². The van der Waals surface area contributed by atoms with Crippen LogP contribution < -0.4 is 11.2 Å². The van der Waals surface area contributed by atoms with Gasteiger partial charge in [-0.2, -0.15) is 0 Å². The van der Waals surface area contributed by atoms with E-state index in [4.69, 9.17) is 11.6 Å². The van der Waals surface area contributed by atoms with Crippen molar-refractivity contribution in [1.82, 2.24) is 9.55 Å². The van der Waals surface area contributed by atoms with Crippen LogP contribution in [-0.2, 0) is 0 Å². The van der Waals surface area contributed by atoms with E-state index >= 15 is 0 Å². The molecular weight excluding hydrogens is 216 g/mol. The molecule has 0 aliphatic heterocycles. The molecule has 1 saturated carbocycles. The monoisotopic (exact) mass is 228 g/mol. The van der Waals surface area contributed by atoms with Gasteiger partial charge in [0.25, 0.3) is 5.56 Å². The first-order valence-corrected chi connectivity index (χ1v) is 5.49. The summed E-state index contributed by atoms with van der Waals surface area (Å²) in [7, 11) is 0. The zero-order valence-corrected chi connectivity index (χ0v) is 9.25. The standard InChI is InChI=1S/C10H13ClN2O2/c1-6-3-2-4-7(6)13-9(14)5-8(11)12-10(13)15/h5-7H,2-4H2,1H3,(H,12,15). The van der Waals surface area contributed by atoms with Gasteiger partial charge in [0.15, 0.2) is 0 Å². The van der Waals surface area contributed by atoms with Gasteiger partial charge in [-0.1, -0.05) is 24.9 Å². The summed E-state index contributed by atoms with van der Waals surface area (Å²) in [6.45, 7) is 2.07. The van der Waals surface area contributed by atoms with E-state index < -0.39 is 5.69 Å². The van der Waals surface area contributed by atoms with E-state index in [0.29, 0.717) is 5.92 Å². The highest BCUT2D eigenvalue weighted by Gasteiger charge is 2.27. The molecule has 2 unspecified atom stereocenters. The lowest BCUT2D eigenvalue weighted by Crippen LogP contribution is -2.38. The highest BCUT2D eigenvalue weighted by Crippen LogP contribution is 2.33. The molecule has 5 heteroatoms. The molecule has 0 amide bonds. The molecule has 1 fully saturated rings. The fourth-order valence-corrected chi connectivity index (χ4v) is 2.47. The normalized spacial score (nSPS) is 25.7. The molecule has 0 saturated heterocycles. The smallest absolute Gasteiger partial charge is 0.298 e. The van der Waals surface area contributed by atoms with Crippen molar-refractivity contribution in [2.24, 2.45) is 5.92 Å². The van der Waals surface area contributed by atoms with E-state index in [1.54, 1.807) is 0 Å². The van der Waals surface area contributed by atoms with E-state index in [9.17, 15) is 9.59 Å². The number of nitrogens with one attached hydrogen (secondary N) is 1. The molecule has 0 spiro atoms. The summed E-state index contributed by atoms with van der Waals surface area (Å²) in [5.41, 5.74) is -0.700. The van der Waals surface area contributed by atoms with Crippen LogP contribution in [0.1, 0.15) is 32.2 Å². The second kappa shape index (κ2) is 3.85. The predicted octanol–water partition coefficient (Wildman–Crippen LogP) is 1.55. The number of halogens is 1. The van der Waals surface area contributed by atoms with Crippen LogP contribution >= 0.6 is 11.6 Å². The van der Waals surface area contributed by atoms with Gasteiger partial charge >= 0.3 is 5.69 Å². The van der Waals surface area contributed by atoms with Gasteiger partial charge in [-0.25, -0.2) is 4.79 Å². The Balaban J connectivity index is 2.53. The molecule has 1 aliphatic rings. The Morgan fingerprint density at radius 1 is 1.47 bits per heavy atom. The lowest BCUT2D eigenvalue weighted by atomic mass is 10.1. The Morgan fingerprint density at radius 2 is 2.20 bits per heavy atom. The maximum Gasteiger partial charge on any atom is 0.329 e. The van der Waals surface area contributed by atoms with E-state index in [1.807, 2.05) is 0 Å². The lowest BCUT2D eigenvalue weighted by molar-refractivity contribution is 0.383. The molecule has 4 nitrogen and oxygen atoms in total. The molecule has 82 valence electrons. The summed E-state index contributed by atoms with van der Waals surface area (Å²) in [4.78, 5) is 25.7. The molecule has 0 bridgehead atoms. The van der Waals surface area contributed by atoms with Gasteiger partial charge in [-0.15, -0.1) is 0 Å². The number of aromatic nitrogens is 2. The Morgan fingerprint density at radius 3 is 2.73 bits per heavy atom. The van der Waals surface area contributed by atoms with Crippen LogP contribution in [0.4, 0.5) is 0 Å². The topological polar surface area (TPSA) is 54.9 Å². The molecule has 1 aliphatic carbocycles. The van der Waals surface area contributed by atoms with E-state index in [1.165, 1.54) is 10.6 Å². The van der Waals surface area contributed by atoms with Crippen LogP contribution in [0.15, 0.2) is 15.7 Å². The third-order valence-electron chi connectivity index (χ3n) is 3.08. The molecule has 2 rings (SSSR count). The zero-order valence-electron chi connectivity index (χ0n) is 8.50. The van der Waals surface area contributed by atoms with Crippen molar-refractivity contribution < 1.29 is 0 Å². The van der Waals surface area contributed by atoms with E-state index in [-0.39, 0.29) is 16.8 Å². The molecule has 15 heavy (non-hydrogen) atoms. The van der Waals surface area contributed by atoms with Gasteiger partial charge in [0.1, 0.15) is 5.15 Å². The Bertz CT molecular complexity index is 446. The van der Waals surface area contributed by atoms with Gasteiger partial charge in [-0.3, -0.25) is 14.3 Å². The summed E-state index contributed by atoms with van der Waals surface area (Å²) in [6.07, 6.45) is 3.03. The SMILES string of the molecule is CC1CCCC1n1c(=O)cc(Cl)[nH]c1=O. The fourth-order valence-electron chi connectivity index (χ4n) is 2.30. The summed E-state index contributed by atoms with van der Waals surface area (Å²) < 4.78 is 1.30. The van der Waals surface area contributed by atoms with Gasteiger partial charge < -0.3 is 0 Å². The Labute approximate surface area is 91.9 Å². The number of H-pyrrole nitrogens is 1. The molecule has 0 radical (unpaired) electrons. The van der Waals surface area contributed by atoms with E-state index in [2.05, 4.69) is 11.9 Å². The van der Waals surface area contributed by atoms with Crippen LogP contribution in [0.2, 0.25) is 5.15 Å². The van der Waals surface area contributed by atoms with E-state index in [0.717, 1.165) is 19.3 Å². The van der Waals surface area contributed by atoms with Crippen LogP contribution in [0.5, 0.6) is 0 Å². The van der Waals surface area contributed by atoms with Gasteiger partial charge in [0, 0.05) is 12.1 Å². The number of aromatic amines is 1. The highest BCUT2D eigenvalue weighted by molar-refractivity contribution is 6.29. The quantitative estimate of drug-likeness (QED) is 0.742. The van der Waals surface area contributed by atoms with Crippen molar-refractivity contribution in [3.63, 3.8) is 0 Å². The van der Waals surface area contributed by atoms with Crippen molar-refractivity contribution in [3.8, 4) is 0 Å². The minimum Gasteiger partial charge on any atom is -0.298 e. The second-order valence-corrected chi connectivity index (χ2v) is 4.51. The summed E-state index contributed by atoms with van der Waals surface area (Å²) in [6, 6.07) is 1.28. The minimum atomic E-state index is -0.397. The average molecular weight is 229 g/mol. The largest absolute Gasteiger partial charge is 0.329 e. The number of nitrogens with zero attached hydrogens (tertiary/aromatic N) is 1. The maximum absolute atomic E-state index is 11.7. The van der Waals surface area contributed by atoms with Gasteiger partial charge in [0.2, 0.25) is 0 Å². The average Bonchev–Trinajstić information content (AvgIpc) is 2.50. The maximum atomic E-state index is 11.7. The predicted molar refractivity (Wildman–Crippen MR) is 58.4 cm³/mol. The molecule has 1 aromatic rings. The zero-order chi connectivity index (χ0) is 11.0. The van der Waals surface area contributed by atoms with Crippen molar-refractivity contribution in [2.75, 3.05) is 0 Å². The van der Waals surface area contributed by atoms with Crippen molar-refractivity contribution >= 4 is 11.6 Å². The lowest BCUT2D eigenvalue weighted by Gasteiger charge is -2.16. The van der Waals surface area contributed by atoms with Crippen LogP contribution in [0, 0.1) is 5.92 Å². The van der Waals surface area contributed by atoms with Crippen molar-refractivity contribution in [2.45, 2.75) is 32.2 Å². The van der Waals surface area contributed by atoms with Crippen LogP contribution in [0.3, 0.4) is 0 Å². The molecule has 0 aromatic carbocycles. The first-order chi connectivity index (χ1) is 7.09. The summed E-state index contributed by atoms with van der Waals surface area (Å²) in [5.74, 6) is 0.380. The van der Waals surface area contributed by atoms with Crippen molar-refractivity contribution in [1.29, 1.82) is 0 Å². The number of hydrogen-bond acceptors (Lipinski definition) is 2. The number of hydrogen-bond donors (Lipinski definition) is 1. The highest BCUT2D eigenvalue weighted by atomic mass is 35.5. The Kier molecular flexibility index (Phi) is 2.69. The first-order valence-electron chi connectivity index (χ1n) is 5.11. The van der Waals surface area contributed by atoms with Crippen LogP contribution in [-0.4, -0.2) is 9.55 Å². The molecule has 2 atom stereocenters. The first kappa shape index (κ1) is 10.5. The number of rotatable bonds is 1. The molecule has 1 N–H and O–H groups in total. The summed E-state index contributed by atoms with van der Waals surface area (Å²) in [5, 5.41) is 0.104. The third-order valence-corrected chi connectivity index (χ3v) is 3.28. The van der Waals surface area contributed by atoms with Crippen molar-refractivity contribution in [3.05, 3.63) is 32.1 Å². The minimum absolute atomic E-state index is 0.0264. The van der Waals surface area contributed by atoms with Gasteiger partial charge in [0.05, 0.1) is 0 Å². The summed E-state index contributed by atoms with van der Waals surface area (Å²) >= 11 is 5.60.